The largest absolute Gasteiger partial charge is 0.393 e. The first kappa shape index (κ1) is 18.5. The Balaban J connectivity index is 1.62. The van der Waals surface area contributed by atoms with E-state index in [4.69, 9.17) is 0 Å². The van der Waals surface area contributed by atoms with Crippen molar-refractivity contribution in [1.82, 2.24) is 0 Å². The molecule has 0 saturated carbocycles. The van der Waals surface area contributed by atoms with Gasteiger partial charge in [0.05, 0.1) is 12.1 Å². The van der Waals surface area contributed by atoms with Crippen LogP contribution in [0, 0.1) is 11.7 Å². The van der Waals surface area contributed by atoms with Crippen LogP contribution < -0.4 is 10.2 Å². The summed E-state index contributed by atoms with van der Waals surface area (Å²) in [6.07, 6.45) is 0.278. The van der Waals surface area contributed by atoms with E-state index < -0.39 is 6.10 Å². The molecule has 3 atom stereocenters. The van der Waals surface area contributed by atoms with Crippen molar-refractivity contribution in [2.45, 2.75) is 18.6 Å². The molecule has 1 aliphatic heterocycles. The van der Waals surface area contributed by atoms with Crippen molar-refractivity contribution in [3.63, 3.8) is 0 Å². The van der Waals surface area contributed by atoms with E-state index in [1.54, 1.807) is 0 Å². The molecule has 0 spiro atoms. The lowest BCUT2D eigenvalue weighted by Crippen LogP contribution is -2.47. The summed E-state index contributed by atoms with van der Waals surface area (Å²) in [4.78, 5) is 2.24. The van der Waals surface area contributed by atoms with Gasteiger partial charge >= 0.3 is 0 Å². The Bertz CT molecular complexity index is 870. The van der Waals surface area contributed by atoms with Gasteiger partial charge in [0.1, 0.15) is 5.82 Å². The third-order valence-electron chi connectivity index (χ3n) is 5.49. The van der Waals surface area contributed by atoms with Gasteiger partial charge in [0.25, 0.3) is 0 Å². The number of aliphatic hydroxyl groups excluding tert-OH is 1. The van der Waals surface area contributed by atoms with Gasteiger partial charge < -0.3 is 15.3 Å². The standard InChI is InChI=1S/C24H25FN2O/c25-19-11-13-21(14-12-19)27-16-15-23(28)22(17-27)24(18-7-3-1-4-8-18)26-20-9-5-2-6-10-20/h1-14,22-24,26,28H,15-17H2/t22-,23-,24-/m1/s1. The van der Waals surface area contributed by atoms with E-state index in [1.807, 2.05) is 60.7 Å². The number of aliphatic hydroxyl groups is 1. The average molecular weight is 376 g/mol. The molecule has 3 aromatic carbocycles. The van der Waals surface area contributed by atoms with Crippen molar-refractivity contribution in [2.24, 2.45) is 5.92 Å². The highest BCUT2D eigenvalue weighted by Gasteiger charge is 2.35. The fraction of sp³-hybridized carbons (Fsp3) is 0.250. The quantitative estimate of drug-likeness (QED) is 0.667. The molecular weight excluding hydrogens is 351 g/mol. The van der Waals surface area contributed by atoms with Gasteiger partial charge in [0.2, 0.25) is 0 Å². The van der Waals surface area contributed by atoms with Gasteiger partial charge in [-0.1, -0.05) is 48.5 Å². The normalized spacial score (nSPS) is 20.6. The molecule has 1 fully saturated rings. The molecule has 144 valence electrons. The SMILES string of the molecule is O[C@@H]1CCN(c2ccc(F)cc2)C[C@H]1[C@H](Nc1ccccc1)c1ccccc1. The number of rotatable bonds is 5. The number of nitrogens with zero attached hydrogens (tertiary/aromatic N) is 1. The highest BCUT2D eigenvalue weighted by atomic mass is 19.1. The summed E-state index contributed by atoms with van der Waals surface area (Å²) in [5, 5.41) is 14.5. The number of halogens is 1. The third-order valence-corrected chi connectivity index (χ3v) is 5.49. The minimum atomic E-state index is -0.405. The molecule has 4 heteroatoms. The molecule has 0 aromatic heterocycles. The van der Waals surface area contributed by atoms with Crippen LogP contribution in [-0.2, 0) is 0 Å². The van der Waals surface area contributed by atoms with Crippen LogP contribution in [0.15, 0.2) is 84.9 Å². The number of benzene rings is 3. The monoisotopic (exact) mass is 376 g/mol. The highest BCUT2D eigenvalue weighted by Crippen LogP contribution is 2.34. The lowest BCUT2D eigenvalue weighted by atomic mass is 9.83. The molecule has 0 unspecified atom stereocenters. The van der Waals surface area contributed by atoms with Crippen molar-refractivity contribution < 1.29 is 9.50 Å². The molecule has 28 heavy (non-hydrogen) atoms. The van der Waals surface area contributed by atoms with Crippen molar-refractivity contribution in [1.29, 1.82) is 0 Å². The maximum Gasteiger partial charge on any atom is 0.123 e. The number of nitrogens with one attached hydrogen (secondary N) is 1. The van der Waals surface area contributed by atoms with Gasteiger partial charge in [0, 0.05) is 30.4 Å². The van der Waals surface area contributed by atoms with E-state index in [-0.39, 0.29) is 17.8 Å². The summed E-state index contributed by atoms with van der Waals surface area (Å²) in [5.41, 5.74) is 3.17. The topological polar surface area (TPSA) is 35.5 Å². The zero-order valence-corrected chi connectivity index (χ0v) is 15.7. The Kier molecular flexibility index (Phi) is 5.58. The Morgan fingerprint density at radius 3 is 2.21 bits per heavy atom. The third kappa shape index (κ3) is 4.18. The lowest BCUT2D eigenvalue weighted by molar-refractivity contribution is 0.0775. The summed E-state index contributed by atoms with van der Waals surface area (Å²) in [7, 11) is 0. The van der Waals surface area contributed by atoms with Crippen LogP contribution in [0.5, 0.6) is 0 Å². The Labute approximate surface area is 165 Å². The summed E-state index contributed by atoms with van der Waals surface area (Å²) >= 11 is 0. The summed E-state index contributed by atoms with van der Waals surface area (Å²) < 4.78 is 13.3. The minimum Gasteiger partial charge on any atom is -0.393 e. The van der Waals surface area contributed by atoms with E-state index in [0.29, 0.717) is 13.0 Å². The molecule has 3 nitrogen and oxygen atoms in total. The molecule has 1 heterocycles. The van der Waals surface area contributed by atoms with E-state index in [9.17, 15) is 9.50 Å². The first-order valence-electron chi connectivity index (χ1n) is 9.76. The maximum absolute atomic E-state index is 13.3. The number of para-hydroxylation sites is 1. The number of hydrogen-bond acceptors (Lipinski definition) is 3. The van der Waals surface area contributed by atoms with E-state index in [1.165, 1.54) is 12.1 Å². The van der Waals surface area contributed by atoms with E-state index in [2.05, 4.69) is 22.3 Å². The Hall–Kier alpha value is -2.85. The first-order chi connectivity index (χ1) is 13.7. The predicted molar refractivity (Wildman–Crippen MR) is 112 cm³/mol. The van der Waals surface area contributed by atoms with E-state index >= 15 is 0 Å². The van der Waals surface area contributed by atoms with Crippen molar-refractivity contribution in [2.75, 3.05) is 23.3 Å². The van der Waals surface area contributed by atoms with Crippen molar-refractivity contribution in [3.8, 4) is 0 Å². The molecule has 3 aromatic rings. The van der Waals surface area contributed by atoms with Gasteiger partial charge in [0.15, 0.2) is 0 Å². The van der Waals surface area contributed by atoms with Crippen molar-refractivity contribution in [3.05, 3.63) is 96.3 Å². The maximum atomic E-state index is 13.3. The fourth-order valence-electron chi connectivity index (χ4n) is 4.00. The van der Waals surface area contributed by atoms with E-state index in [0.717, 1.165) is 23.5 Å². The summed E-state index contributed by atoms with van der Waals surface area (Å²) in [6.45, 7) is 1.46. The van der Waals surface area contributed by atoms with Crippen LogP contribution in [-0.4, -0.2) is 24.3 Å². The van der Waals surface area contributed by atoms with Gasteiger partial charge in [-0.15, -0.1) is 0 Å². The van der Waals surface area contributed by atoms with Crippen LogP contribution >= 0.6 is 0 Å². The van der Waals surface area contributed by atoms with Gasteiger partial charge in [-0.25, -0.2) is 4.39 Å². The zero-order valence-electron chi connectivity index (χ0n) is 15.7. The molecule has 1 aliphatic rings. The summed E-state index contributed by atoms with van der Waals surface area (Å²) in [6, 6.07) is 26.9. The van der Waals surface area contributed by atoms with Crippen molar-refractivity contribution >= 4 is 11.4 Å². The molecule has 0 aliphatic carbocycles. The lowest BCUT2D eigenvalue weighted by Gasteiger charge is -2.42. The molecule has 2 N–H and O–H groups in total. The average Bonchev–Trinajstić information content (AvgIpc) is 2.75. The van der Waals surface area contributed by atoms with Crippen LogP contribution in [0.3, 0.4) is 0 Å². The van der Waals surface area contributed by atoms with Gasteiger partial charge in [-0.3, -0.25) is 0 Å². The molecule has 0 amide bonds. The molecule has 4 rings (SSSR count). The van der Waals surface area contributed by atoms with Crippen LogP contribution in [0.4, 0.5) is 15.8 Å². The fourth-order valence-corrected chi connectivity index (χ4v) is 4.00. The number of anilines is 2. The Morgan fingerprint density at radius 2 is 1.54 bits per heavy atom. The minimum absolute atomic E-state index is 0.00130. The molecule has 0 radical (unpaired) electrons. The van der Waals surface area contributed by atoms with Crippen LogP contribution in [0.2, 0.25) is 0 Å². The molecular formula is C24H25FN2O. The molecule has 1 saturated heterocycles. The van der Waals surface area contributed by atoms with Gasteiger partial charge in [-0.2, -0.15) is 0 Å². The zero-order chi connectivity index (χ0) is 19.3. The second kappa shape index (κ2) is 8.44. The highest BCUT2D eigenvalue weighted by molar-refractivity contribution is 5.49. The smallest absolute Gasteiger partial charge is 0.123 e. The van der Waals surface area contributed by atoms with Crippen LogP contribution in [0.25, 0.3) is 0 Å². The second-order valence-corrected chi connectivity index (χ2v) is 7.34. The van der Waals surface area contributed by atoms with Gasteiger partial charge in [-0.05, 0) is 48.4 Å². The molecule has 0 bridgehead atoms. The van der Waals surface area contributed by atoms with Crippen LogP contribution in [0.1, 0.15) is 18.0 Å². The number of hydrogen-bond donors (Lipinski definition) is 2. The Morgan fingerprint density at radius 1 is 0.893 bits per heavy atom. The first-order valence-corrected chi connectivity index (χ1v) is 9.76. The summed E-state index contributed by atoms with van der Waals surface area (Å²) in [5.74, 6) is -0.230. The number of piperidine rings is 1. The second-order valence-electron chi connectivity index (χ2n) is 7.34. The predicted octanol–water partition coefficient (Wildman–Crippen LogP) is 4.87.